The Morgan fingerprint density at radius 1 is 1.60 bits per heavy atom. The summed E-state index contributed by atoms with van der Waals surface area (Å²) in [7, 11) is 0. The Labute approximate surface area is 126 Å². The highest BCUT2D eigenvalue weighted by Crippen LogP contribution is 2.15. The van der Waals surface area contributed by atoms with Crippen LogP contribution in [-0.4, -0.2) is 25.2 Å². The van der Waals surface area contributed by atoms with E-state index in [1.165, 1.54) is 0 Å². The molecular formula is C15H15BrN2O2. The van der Waals surface area contributed by atoms with Crippen LogP contribution >= 0.6 is 15.9 Å². The van der Waals surface area contributed by atoms with E-state index in [-0.39, 0.29) is 17.6 Å². The molecule has 2 rings (SSSR count). The van der Waals surface area contributed by atoms with Gasteiger partial charge in [0.1, 0.15) is 11.6 Å². The van der Waals surface area contributed by atoms with Gasteiger partial charge in [-0.3, -0.25) is 4.79 Å². The SMILES string of the molecule is N#C/C(=C\c1cccc(Br)c1)C(=O)NCC1CCCO1. The second kappa shape index (κ2) is 7.22. The van der Waals surface area contributed by atoms with Crippen molar-refractivity contribution in [3.8, 4) is 6.07 Å². The number of halogens is 1. The third-order valence-electron chi connectivity index (χ3n) is 3.04. The summed E-state index contributed by atoms with van der Waals surface area (Å²) in [4.78, 5) is 12.0. The third-order valence-corrected chi connectivity index (χ3v) is 3.53. The lowest BCUT2D eigenvalue weighted by Crippen LogP contribution is -2.32. The number of nitrogens with zero attached hydrogens (tertiary/aromatic N) is 1. The van der Waals surface area contributed by atoms with Gasteiger partial charge in [0.05, 0.1) is 6.10 Å². The third kappa shape index (κ3) is 4.19. The monoisotopic (exact) mass is 334 g/mol. The van der Waals surface area contributed by atoms with Crippen molar-refractivity contribution in [2.75, 3.05) is 13.2 Å². The molecule has 1 saturated heterocycles. The first-order valence-electron chi connectivity index (χ1n) is 6.46. The maximum absolute atomic E-state index is 12.0. The molecule has 1 amide bonds. The molecular weight excluding hydrogens is 320 g/mol. The van der Waals surface area contributed by atoms with Crippen LogP contribution in [0.25, 0.3) is 6.08 Å². The van der Waals surface area contributed by atoms with Crippen LogP contribution in [0.3, 0.4) is 0 Å². The van der Waals surface area contributed by atoms with E-state index < -0.39 is 0 Å². The number of nitrogens with one attached hydrogen (secondary N) is 1. The van der Waals surface area contributed by atoms with Crippen molar-refractivity contribution < 1.29 is 9.53 Å². The minimum absolute atomic E-state index is 0.0739. The predicted octanol–water partition coefficient (Wildman–Crippen LogP) is 2.65. The lowest BCUT2D eigenvalue weighted by atomic mass is 10.1. The summed E-state index contributed by atoms with van der Waals surface area (Å²) in [5.41, 5.74) is 0.907. The number of amides is 1. The van der Waals surface area contributed by atoms with Crippen molar-refractivity contribution >= 4 is 27.9 Å². The van der Waals surface area contributed by atoms with Gasteiger partial charge < -0.3 is 10.1 Å². The fourth-order valence-electron chi connectivity index (χ4n) is 2.02. The van der Waals surface area contributed by atoms with Crippen molar-refractivity contribution in [2.24, 2.45) is 0 Å². The molecule has 104 valence electrons. The molecule has 0 aliphatic carbocycles. The van der Waals surface area contributed by atoms with Crippen LogP contribution in [0.4, 0.5) is 0 Å². The number of nitriles is 1. The van der Waals surface area contributed by atoms with Gasteiger partial charge in [-0.05, 0) is 36.6 Å². The summed E-state index contributed by atoms with van der Waals surface area (Å²) >= 11 is 3.36. The highest BCUT2D eigenvalue weighted by atomic mass is 79.9. The van der Waals surface area contributed by atoms with Crippen molar-refractivity contribution in [2.45, 2.75) is 18.9 Å². The Hall–Kier alpha value is -1.64. The van der Waals surface area contributed by atoms with Crippen LogP contribution in [0.5, 0.6) is 0 Å². The molecule has 0 aromatic heterocycles. The average Bonchev–Trinajstić information content (AvgIpc) is 2.95. The lowest BCUT2D eigenvalue weighted by molar-refractivity contribution is -0.117. The van der Waals surface area contributed by atoms with Gasteiger partial charge >= 0.3 is 0 Å². The van der Waals surface area contributed by atoms with Crippen LogP contribution in [0, 0.1) is 11.3 Å². The average molecular weight is 335 g/mol. The number of carbonyl (C=O) groups is 1. The predicted molar refractivity (Wildman–Crippen MR) is 79.7 cm³/mol. The van der Waals surface area contributed by atoms with Gasteiger partial charge in [0.25, 0.3) is 5.91 Å². The number of ether oxygens (including phenoxy) is 1. The number of benzene rings is 1. The first kappa shape index (κ1) is 14.8. The molecule has 20 heavy (non-hydrogen) atoms. The Balaban J connectivity index is 1.99. The zero-order chi connectivity index (χ0) is 14.4. The van der Waals surface area contributed by atoms with Crippen LogP contribution < -0.4 is 5.32 Å². The zero-order valence-electron chi connectivity index (χ0n) is 10.9. The van der Waals surface area contributed by atoms with Gasteiger partial charge in [0.15, 0.2) is 0 Å². The standard InChI is InChI=1S/C15H15BrN2O2/c16-13-4-1-3-11(8-13)7-12(9-17)15(19)18-10-14-5-2-6-20-14/h1,3-4,7-8,14H,2,5-6,10H2,(H,18,19)/b12-7+. The number of hydrogen-bond acceptors (Lipinski definition) is 3. The van der Waals surface area contributed by atoms with E-state index in [0.717, 1.165) is 29.5 Å². The molecule has 0 saturated carbocycles. The maximum atomic E-state index is 12.0. The quantitative estimate of drug-likeness (QED) is 0.680. The highest BCUT2D eigenvalue weighted by molar-refractivity contribution is 9.10. The molecule has 4 nitrogen and oxygen atoms in total. The number of hydrogen-bond donors (Lipinski definition) is 1. The summed E-state index contributed by atoms with van der Waals surface area (Å²) in [5, 5.41) is 11.8. The Morgan fingerprint density at radius 2 is 2.45 bits per heavy atom. The van der Waals surface area contributed by atoms with Crippen molar-refractivity contribution in [3.05, 3.63) is 39.9 Å². The maximum Gasteiger partial charge on any atom is 0.262 e. The summed E-state index contributed by atoms with van der Waals surface area (Å²) in [6, 6.07) is 9.38. The van der Waals surface area contributed by atoms with E-state index in [0.29, 0.717) is 6.54 Å². The summed E-state index contributed by atoms with van der Waals surface area (Å²) in [6.07, 6.45) is 3.64. The topological polar surface area (TPSA) is 62.1 Å². The van der Waals surface area contributed by atoms with Crippen molar-refractivity contribution in [1.82, 2.24) is 5.32 Å². The molecule has 1 aliphatic rings. The van der Waals surface area contributed by atoms with E-state index in [2.05, 4.69) is 21.2 Å². The second-order valence-corrected chi connectivity index (χ2v) is 5.49. The van der Waals surface area contributed by atoms with Gasteiger partial charge in [-0.25, -0.2) is 0 Å². The fraction of sp³-hybridized carbons (Fsp3) is 0.333. The highest BCUT2D eigenvalue weighted by Gasteiger charge is 2.17. The zero-order valence-corrected chi connectivity index (χ0v) is 12.5. The van der Waals surface area contributed by atoms with Gasteiger partial charge in [0.2, 0.25) is 0 Å². The molecule has 0 spiro atoms. The minimum Gasteiger partial charge on any atom is -0.376 e. The molecule has 1 fully saturated rings. The summed E-state index contributed by atoms with van der Waals surface area (Å²) in [5.74, 6) is -0.358. The normalized spacial score (nSPS) is 18.6. The van der Waals surface area contributed by atoms with E-state index in [1.54, 1.807) is 6.08 Å². The molecule has 1 heterocycles. The number of rotatable bonds is 4. The smallest absolute Gasteiger partial charge is 0.262 e. The molecule has 1 aromatic carbocycles. The lowest BCUT2D eigenvalue weighted by Gasteiger charge is -2.10. The van der Waals surface area contributed by atoms with Crippen molar-refractivity contribution in [3.63, 3.8) is 0 Å². The molecule has 1 N–H and O–H groups in total. The summed E-state index contributed by atoms with van der Waals surface area (Å²) < 4.78 is 6.33. The molecule has 1 aliphatic heterocycles. The van der Waals surface area contributed by atoms with Gasteiger partial charge in [-0.15, -0.1) is 0 Å². The van der Waals surface area contributed by atoms with E-state index >= 15 is 0 Å². The number of carbonyl (C=O) groups excluding carboxylic acids is 1. The molecule has 0 radical (unpaired) electrons. The minimum atomic E-state index is -0.358. The molecule has 1 unspecified atom stereocenters. The Kier molecular flexibility index (Phi) is 5.33. The Bertz CT molecular complexity index is 557. The van der Waals surface area contributed by atoms with E-state index in [1.807, 2.05) is 30.3 Å². The van der Waals surface area contributed by atoms with Crippen molar-refractivity contribution in [1.29, 1.82) is 5.26 Å². The van der Waals surface area contributed by atoms with E-state index in [9.17, 15) is 4.79 Å². The van der Waals surface area contributed by atoms with Gasteiger partial charge in [-0.2, -0.15) is 5.26 Å². The van der Waals surface area contributed by atoms with Gasteiger partial charge in [-0.1, -0.05) is 28.1 Å². The largest absolute Gasteiger partial charge is 0.376 e. The molecule has 1 atom stereocenters. The fourth-order valence-corrected chi connectivity index (χ4v) is 2.44. The first-order chi connectivity index (χ1) is 9.69. The second-order valence-electron chi connectivity index (χ2n) is 4.57. The first-order valence-corrected chi connectivity index (χ1v) is 7.25. The van der Waals surface area contributed by atoms with E-state index in [4.69, 9.17) is 10.00 Å². The molecule has 1 aromatic rings. The Morgan fingerprint density at radius 3 is 3.10 bits per heavy atom. The van der Waals surface area contributed by atoms with Crippen LogP contribution in [0.1, 0.15) is 18.4 Å². The molecule has 0 bridgehead atoms. The van der Waals surface area contributed by atoms with Crippen LogP contribution in [-0.2, 0) is 9.53 Å². The molecule has 5 heteroatoms. The summed E-state index contributed by atoms with van der Waals surface area (Å²) in [6.45, 7) is 1.20. The van der Waals surface area contributed by atoms with Crippen LogP contribution in [0.2, 0.25) is 0 Å². The van der Waals surface area contributed by atoms with Crippen LogP contribution in [0.15, 0.2) is 34.3 Å². The van der Waals surface area contributed by atoms with Gasteiger partial charge in [0, 0.05) is 17.6 Å².